The number of amides is 2. The smallest absolute Gasteiger partial charge is 0.321 e. The average molecular weight is 379 g/mol. The quantitative estimate of drug-likeness (QED) is 0.819. The molecule has 4 nitrogen and oxygen atoms in total. The first-order valence-electron chi connectivity index (χ1n) is 8.22. The topological polar surface area (TPSA) is 52.6 Å². The Hall–Kier alpha value is -1.75. The number of nitrogens with one attached hydrogen (secondary N) is 1. The average Bonchev–Trinajstić information content (AvgIpc) is 2.55. The molecule has 0 unspecified atom stereocenters. The summed E-state index contributed by atoms with van der Waals surface area (Å²) in [4.78, 5) is 14.1. The van der Waals surface area contributed by atoms with Crippen LogP contribution < -0.4 is 5.32 Å². The van der Waals surface area contributed by atoms with Gasteiger partial charge in [-0.05, 0) is 36.6 Å². The van der Waals surface area contributed by atoms with Crippen LogP contribution in [0.3, 0.4) is 0 Å². The van der Waals surface area contributed by atoms with Crippen molar-refractivity contribution in [3.8, 4) is 0 Å². The maximum Gasteiger partial charge on any atom is 0.321 e. The third-order valence-corrected chi connectivity index (χ3v) is 4.91. The second-order valence-electron chi connectivity index (χ2n) is 6.46. The first-order chi connectivity index (χ1) is 11.9. The van der Waals surface area contributed by atoms with E-state index in [1.807, 2.05) is 30.3 Å². The maximum absolute atomic E-state index is 12.4. The molecular weight excluding hydrogens is 359 g/mol. The van der Waals surface area contributed by atoms with Crippen LogP contribution in [0.5, 0.6) is 0 Å². The van der Waals surface area contributed by atoms with Gasteiger partial charge < -0.3 is 15.3 Å². The van der Waals surface area contributed by atoms with Crippen LogP contribution in [0.2, 0.25) is 10.0 Å². The summed E-state index contributed by atoms with van der Waals surface area (Å²) in [6.07, 6.45) is 1.70. The highest BCUT2D eigenvalue weighted by molar-refractivity contribution is 6.35. The number of hydrogen-bond acceptors (Lipinski definition) is 2. The van der Waals surface area contributed by atoms with E-state index in [9.17, 15) is 9.90 Å². The van der Waals surface area contributed by atoms with Gasteiger partial charge in [0.2, 0.25) is 0 Å². The van der Waals surface area contributed by atoms with E-state index in [0.717, 1.165) is 5.56 Å². The molecular formula is C19H20Cl2N2O2. The summed E-state index contributed by atoms with van der Waals surface area (Å²) in [5.74, 6) is 0. The minimum atomic E-state index is -0.766. The molecule has 1 aliphatic heterocycles. The summed E-state index contributed by atoms with van der Waals surface area (Å²) < 4.78 is 0. The van der Waals surface area contributed by atoms with E-state index in [-0.39, 0.29) is 6.03 Å². The molecule has 0 aliphatic carbocycles. The summed E-state index contributed by atoms with van der Waals surface area (Å²) >= 11 is 11.9. The lowest BCUT2D eigenvalue weighted by Gasteiger charge is -2.38. The van der Waals surface area contributed by atoms with Crippen molar-refractivity contribution >= 4 is 34.9 Å². The Morgan fingerprint density at radius 3 is 2.28 bits per heavy atom. The third-order valence-electron chi connectivity index (χ3n) is 4.47. The predicted octanol–water partition coefficient (Wildman–Crippen LogP) is 4.59. The highest BCUT2D eigenvalue weighted by atomic mass is 35.5. The summed E-state index contributed by atoms with van der Waals surface area (Å²) in [6, 6.07) is 14.6. The molecule has 3 rings (SSSR count). The molecule has 25 heavy (non-hydrogen) atoms. The van der Waals surface area contributed by atoms with Gasteiger partial charge in [-0.15, -0.1) is 0 Å². The fraction of sp³-hybridized carbons (Fsp3) is 0.316. The molecule has 0 radical (unpaired) electrons. The molecule has 132 valence electrons. The molecule has 6 heteroatoms. The fourth-order valence-electron chi connectivity index (χ4n) is 3.11. The van der Waals surface area contributed by atoms with Crippen LogP contribution in [0.1, 0.15) is 18.4 Å². The number of likely N-dealkylation sites (tertiary alicyclic amines) is 1. The fourth-order valence-corrected chi connectivity index (χ4v) is 3.63. The Labute approximate surface area is 157 Å². The lowest BCUT2D eigenvalue weighted by atomic mass is 9.85. The van der Waals surface area contributed by atoms with Gasteiger partial charge in [0.05, 0.1) is 5.60 Å². The number of aliphatic hydroxyl groups is 1. The number of rotatable bonds is 3. The molecule has 2 aromatic carbocycles. The second kappa shape index (κ2) is 7.65. The van der Waals surface area contributed by atoms with Crippen molar-refractivity contribution in [3.05, 3.63) is 64.1 Å². The third kappa shape index (κ3) is 4.88. The van der Waals surface area contributed by atoms with Crippen LogP contribution in [0.4, 0.5) is 10.5 Å². The number of carbonyl (C=O) groups is 1. The van der Waals surface area contributed by atoms with Crippen molar-refractivity contribution in [1.82, 2.24) is 4.90 Å². The Morgan fingerprint density at radius 1 is 1.08 bits per heavy atom. The zero-order chi connectivity index (χ0) is 17.9. The maximum atomic E-state index is 12.4. The Morgan fingerprint density at radius 2 is 1.68 bits per heavy atom. The molecule has 1 fully saturated rings. The van der Waals surface area contributed by atoms with Crippen molar-refractivity contribution in [3.63, 3.8) is 0 Å². The van der Waals surface area contributed by atoms with E-state index >= 15 is 0 Å². The molecule has 1 saturated heterocycles. The van der Waals surface area contributed by atoms with E-state index in [2.05, 4.69) is 5.32 Å². The summed E-state index contributed by atoms with van der Waals surface area (Å²) in [7, 11) is 0. The largest absolute Gasteiger partial charge is 0.389 e. The van der Waals surface area contributed by atoms with E-state index in [0.29, 0.717) is 48.1 Å². The number of nitrogens with zero attached hydrogens (tertiary/aromatic N) is 1. The zero-order valence-electron chi connectivity index (χ0n) is 13.7. The predicted molar refractivity (Wildman–Crippen MR) is 101 cm³/mol. The first-order valence-corrected chi connectivity index (χ1v) is 8.97. The van der Waals surface area contributed by atoms with Gasteiger partial charge in [-0.3, -0.25) is 0 Å². The molecule has 0 saturated carbocycles. The highest BCUT2D eigenvalue weighted by Crippen LogP contribution is 2.27. The molecule has 2 amide bonds. The monoisotopic (exact) mass is 378 g/mol. The highest BCUT2D eigenvalue weighted by Gasteiger charge is 2.34. The number of anilines is 1. The van der Waals surface area contributed by atoms with Gasteiger partial charge in [0.15, 0.2) is 0 Å². The van der Waals surface area contributed by atoms with E-state index in [4.69, 9.17) is 23.2 Å². The number of benzene rings is 2. The molecule has 2 aromatic rings. The van der Waals surface area contributed by atoms with Gasteiger partial charge >= 0.3 is 6.03 Å². The molecule has 0 aromatic heterocycles. The summed E-state index contributed by atoms with van der Waals surface area (Å²) in [6.45, 7) is 1.01. The van der Waals surface area contributed by atoms with E-state index < -0.39 is 5.60 Å². The van der Waals surface area contributed by atoms with Crippen molar-refractivity contribution < 1.29 is 9.90 Å². The van der Waals surface area contributed by atoms with Crippen LogP contribution >= 0.6 is 23.2 Å². The normalized spacial score (nSPS) is 16.5. The number of halogens is 2. The Balaban J connectivity index is 1.57. The van der Waals surface area contributed by atoms with Gasteiger partial charge in [-0.25, -0.2) is 4.79 Å². The summed E-state index contributed by atoms with van der Waals surface area (Å²) in [5, 5.41) is 14.5. The van der Waals surface area contributed by atoms with Crippen molar-refractivity contribution in [2.75, 3.05) is 18.4 Å². The molecule has 0 bridgehead atoms. The van der Waals surface area contributed by atoms with Crippen LogP contribution in [0.25, 0.3) is 0 Å². The van der Waals surface area contributed by atoms with Crippen molar-refractivity contribution in [1.29, 1.82) is 0 Å². The zero-order valence-corrected chi connectivity index (χ0v) is 15.2. The second-order valence-corrected chi connectivity index (χ2v) is 7.33. The van der Waals surface area contributed by atoms with Gasteiger partial charge in [0.25, 0.3) is 0 Å². The van der Waals surface area contributed by atoms with E-state index in [1.165, 1.54) is 0 Å². The number of urea groups is 1. The lowest BCUT2D eigenvalue weighted by Crippen LogP contribution is -2.49. The number of hydrogen-bond donors (Lipinski definition) is 2. The van der Waals surface area contributed by atoms with Crippen LogP contribution in [-0.2, 0) is 6.42 Å². The lowest BCUT2D eigenvalue weighted by molar-refractivity contribution is -0.0104. The van der Waals surface area contributed by atoms with Crippen LogP contribution in [0.15, 0.2) is 48.5 Å². The van der Waals surface area contributed by atoms with Gasteiger partial charge in [0.1, 0.15) is 0 Å². The van der Waals surface area contributed by atoms with Crippen LogP contribution in [-0.4, -0.2) is 34.7 Å². The minimum absolute atomic E-state index is 0.208. The van der Waals surface area contributed by atoms with Crippen molar-refractivity contribution in [2.24, 2.45) is 0 Å². The molecule has 2 N–H and O–H groups in total. The number of piperidine rings is 1. The molecule has 0 spiro atoms. The molecule has 0 atom stereocenters. The number of carbonyl (C=O) groups excluding carboxylic acids is 1. The van der Waals surface area contributed by atoms with Gasteiger partial charge in [-0.2, -0.15) is 0 Å². The SMILES string of the molecule is O=C(Nc1cc(Cl)cc(Cl)c1)N1CCC(O)(Cc2ccccc2)CC1. The van der Waals surface area contributed by atoms with Gasteiger partial charge in [-0.1, -0.05) is 53.5 Å². The Bertz CT molecular complexity index is 724. The van der Waals surface area contributed by atoms with Crippen molar-refractivity contribution in [2.45, 2.75) is 24.9 Å². The molecule has 1 heterocycles. The van der Waals surface area contributed by atoms with Crippen LogP contribution in [0, 0.1) is 0 Å². The minimum Gasteiger partial charge on any atom is -0.389 e. The van der Waals surface area contributed by atoms with E-state index in [1.54, 1.807) is 23.1 Å². The Kier molecular flexibility index (Phi) is 5.52. The molecule has 1 aliphatic rings. The summed E-state index contributed by atoms with van der Waals surface area (Å²) in [5.41, 5.74) is 0.904. The first kappa shape index (κ1) is 18.1. The standard InChI is InChI=1S/C19H20Cl2N2O2/c20-15-10-16(21)12-17(11-15)22-18(24)23-8-6-19(25,7-9-23)13-14-4-2-1-3-5-14/h1-5,10-12,25H,6-9,13H2,(H,22,24). The van der Waals surface area contributed by atoms with Gasteiger partial charge in [0, 0.05) is 35.2 Å².